The molecule has 5 rings (SSSR count). The Balaban J connectivity index is 1.54. The van der Waals surface area contributed by atoms with Gasteiger partial charge in [0.05, 0.1) is 46.1 Å². The predicted molar refractivity (Wildman–Crippen MR) is 150 cm³/mol. The number of fused-ring (bicyclic) bond motifs is 1. The van der Waals surface area contributed by atoms with E-state index in [4.69, 9.17) is 30.9 Å². The molecular weight excluding hydrogens is 538 g/mol. The molecule has 3 heterocycles. The highest BCUT2D eigenvalue weighted by molar-refractivity contribution is 6.30. The van der Waals surface area contributed by atoms with Crippen molar-refractivity contribution in [1.82, 2.24) is 23.6 Å². The summed E-state index contributed by atoms with van der Waals surface area (Å²) in [5, 5.41) is 9.57. The van der Waals surface area contributed by atoms with Crippen molar-refractivity contribution < 1.29 is 19.3 Å². The first kappa shape index (κ1) is 28.1. The second-order valence-corrected chi connectivity index (χ2v) is 9.99. The first-order valence-electron chi connectivity index (χ1n) is 13.1. The molecule has 212 valence electrons. The molecule has 1 N–H and O–H groups in total. The summed E-state index contributed by atoms with van der Waals surface area (Å²) in [6.45, 7) is 4.32. The largest absolute Gasteiger partial charge is 0.425 e. The number of nitrogens with zero attached hydrogens (tertiary/aromatic N) is 5. The van der Waals surface area contributed by atoms with Crippen LogP contribution in [0.15, 0.2) is 58.1 Å². The lowest BCUT2D eigenvalue weighted by atomic mass is 10.2. The summed E-state index contributed by atoms with van der Waals surface area (Å²) in [6, 6.07) is 15.2. The van der Waals surface area contributed by atoms with Crippen LogP contribution in [0.4, 0.5) is 0 Å². The molecule has 0 bridgehead atoms. The molecule has 0 saturated carbocycles. The van der Waals surface area contributed by atoms with Crippen molar-refractivity contribution in [2.24, 2.45) is 7.05 Å². The van der Waals surface area contributed by atoms with Crippen LogP contribution in [-0.4, -0.2) is 74.8 Å². The van der Waals surface area contributed by atoms with E-state index in [-0.39, 0.29) is 50.1 Å². The number of morpholine rings is 1. The van der Waals surface area contributed by atoms with Crippen molar-refractivity contribution in [2.45, 2.75) is 19.6 Å². The second kappa shape index (κ2) is 12.8. The monoisotopic (exact) mass is 569 g/mol. The minimum absolute atomic E-state index is 0.0351. The minimum atomic E-state index is -0.514. The van der Waals surface area contributed by atoms with Crippen molar-refractivity contribution in [2.75, 3.05) is 46.1 Å². The average molecular weight is 570 g/mol. The number of rotatable bonds is 11. The van der Waals surface area contributed by atoms with E-state index in [2.05, 4.69) is 9.88 Å². The number of aliphatic hydroxyl groups excluding tert-OH is 1. The lowest BCUT2D eigenvalue weighted by Gasteiger charge is -2.26. The van der Waals surface area contributed by atoms with Crippen molar-refractivity contribution in [3.8, 4) is 11.8 Å². The van der Waals surface area contributed by atoms with Gasteiger partial charge in [0.2, 0.25) is 0 Å². The molecule has 0 atom stereocenters. The van der Waals surface area contributed by atoms with Crippen LogP contribution in [0.1, 0.15) is 11.1 Å². The number of ether oxygens (including phenoxy) is 3. The van der Waals surface area contributed by atoms with Gasteiger partial charge in [-0.05, 0) is 35.4 Å². The fourth-order valence-corrected chi connectivity index (χ4v) is 4.82. The number of imidazole rings is 1. The fourth-order valence-electron chi connectivity index (χ4n) is 4.70. The van der Waals surface area contributed by atoms with Gasteiger partial charge in [0, 0.05) is 31.7 Å². The van der Waals surface area contributed by atoms with Crippen LogP contribution in [0, 0.1) is 0 Å². The highest BCUT2D eigenvalue weighted by Gasteiger charge is 2.22. The quantitative estimate of drug-likeness (QED) is 0.274. The van der Waals surface area contributed by atoms with Crippen LogP contribution in [0.2, 0.25) is 5.02 Å². The Morgan fingerprint density at radius 1 is 1.00 bits per heavy atom. The van der Waals surface area contributed by atoms with Gasteiger partial charge in [-0.2, -0.15) is 4.98 Å². The molecule has 1 aliphatic heterocycles. The third-order valence-corrected chi connectivity index (χ3v) is 7.02. The summed E-state index contributed by atoms with van der Waals surface area (Å²) >= 11 is 6.09. The Bertz CT molecular complexity index is 1570. The molecule has 0 unspecified atom stereocenters. The molecule has 1 aliphatic rings. The Labute approximate surface area is 235 Å². The van der Waals surface area contributed by atoms with Crippen LogP contribution < -0.4 is 16.0 Å². The second-order valence-electron chi connectivity index (χ2n) is 9.55. The molecule has 4 aromatic rings. The van der Waals surface area contributed by atoms with Crippen LogP contribution in [0.3, 0.4) is 0 Å². The molecule has 1 saturated heterocycles. The molecule has 0 radical (unpaired) electrons. The maximum Gasteiger partial charge on any atom is 0.332 e. The lowest BCUT2D eigenvalue weighted by Crippen LogP contribution is -2.40. The Morgan fingerprint density at radius 3 is 2.52 bits per heavy atom. The van der Waals surface area contributed by atoms with Crippen LogP contribution in [0.25, 0.3) is 11.2 Å². The van der Waals surface area contributed by atoms with Crippen LogP contribution >= 0.6 is 11.6 Å². The van der Waals surface area contributed by atoms with E-state index in [0.717, 1.165) is 35.3 Å². The molecular formula is C28H32ClN5O6. The summed E-state index contributed by atoms with van der Waals surface area (Å²) in [7, 11) is 1.57. The number of hydrogen-bond donors (Lipinski definition) is 1. The van der Waals surface area contributed by atoms with Gasteiger partial charge >= 0.3 is 11.7 Å². The molecule has 2 aromatic carbocycles. The molecule has 40 heavy (non-hydrogen) atoms. The predicted octanol–water partition coefficient (Wildman–Crippen LogP) is 2.23. The summed E-state index contributed by atoms with van der Waals surface area (Å²) in [5.41, 5.74) is 1.40. The first-order valence-corrected chi connectivity index (χ1v) is 13.5. The zero-order chi connectivity index (χ0) is 28.1. The lowest BCUT2D eigenvalue weighted by molar-refractivity contribution is 0.0342. The number of benzene rings is 2. The number of aryl methyl sites for hydroxylation is 1. The normalized spacial score (nSPS) is 14.2. The van der Waals surface area contributed by atoms with Gasteiger partial charge in [-0.15, -0.1) is 0 Å². The van der Waals surface area contributed by atoms with E-state index in [9.17, 15) is 9.59 Å². The highest BCUT2D eigenvalue weighted by atomic mass is 35.5. The number of aromatic nitrogens is 4. The average Bonchev–Trinajstić information content (AvgIpc) is 3.31. The number of halogens is 1. The van der Waals surface area contributed by atoms with Crippen molar-refractivity contribution >= 4 is 22.8 Å². The van der Waals surface area contributed by atoms with E-state index in [1.165, 1.54) is 4.57 Å². The Hall–Kier alpha value is -3.48. The zero-order valence-electron chi connectivity index (χ0n) is 22.3. The van der Waals surface area contributed by atoms with E-state index in [1.54, 1.807) is 23.7 Å². The summed E-state index contributed by atoms with van der Waals surface area (Å²) in [6.07, 6.45) is 0. The SMILES string of the molecule is Cn1c(=O)n(CCOCCO)c(=O)c2c1nc(Oc1cccc(CN3CCOCC3)c1)n2Cc1ccc(Cl)cc1. The Kier molecular flexibility index (Phi) is 8.98. The highest BCUT2D eigenvalue weighted by Crippen LogP contribution is 2.26. The van der Waals surface area contributed by atoms with E-state index in [1.807, 2.05) is 36.4 Å². The third-order valence-electron chi connectivity index (χ3n) is 6.76. The molecule has 0 aliphatic carbocycles. The van der Waals surface area contributed by atoms with E-state index in [0.29, 0.717) is 24.0 Å². The van der Waals surface area contributed by atoms with Gasteiger partial charge in [0.1, 0.15) is 5.75 Å². The van der Waals surface area contributed by atoms with Crippen molar-refractivity contribution in [3.63, 3.8) is 0 Å². The summed E-state index contributed by atoms with van der Waals surface area (Å²) < 4.78 is 21.2. The summed E-state index contributed by atoms with van der Waals surface area (Å²) in [4.78, 5) is 33.7. The molecule has 1 fully saturated rings. The summed E-state index contributed by atoms with van der Waals surface area (Å²) in [5.74, 6) is 0.571. The van der Waals surface area contributed by atoms with E-state index >= 15 is 0 Å². The number of hydrogen-bond acceptors (Lipinski definition) is 8. The van der Waals surface area contributed by atoms with Crippen LogP contribution in [-0.2, 0) is 36.2 Å². The van der Waals surface area contributed by atoms with Gasteiger partial charge in [0.15, 0.2) is 11.2 Å². The zero-order valence-corrected chi connectivity index (χ0v) is 23.0. The molecule has 11 nitrogen and oxygen atoms in total. The molecule has 2 aromatic heterocycles. The van der Waals surface area contributed by atoms with Gasteiger partial charge in [-0.1, -0.05) is 35.9 Å². The van der Waals surface area contributed by atoms with Crippen molar-refractivity contribution in [3.05, 3.63) is 85.5 Å². The van der Waals surface area contributed by atoms with Gasteiger partial charge in [-0.3, -0.25) is 23.4 Å². The standard InChI is InChI=1S/C28H32ClN5O6/c1-31-25-24(26(36)33(28(31)37)11-15-39-16-12-35)34(19-20-5-7-22(29)8-6-20)27(30-25)40-23-4-2-3-21(17-23)18-32-9-13-38-14-10-32/h2-8,17,35H,9-16,18-19H2,1H3. The minimum Gasteiger partial charge on any atom is -0.425 e. The van der Waals surface area contributed by atoms with Gasteiger partial charge in [-0.25, -0.2) is 4.79 Å². The molecule has 0 amide bonds. The smallest absolute Gasteiger partial charge is 0.332 e. The topological polar surface area (TPSA) is 113 Å². The number of aliphatic hydroxyl groups is 1. The Morgan fingerprint density at radius 2 is 1.77 bits per heavy atom. The fraction of sp³-hybridized carbons (Fsp3) is 0.393. The molecule has 0 spiro atoms. The molecule has 12 heteroatoms. The van der Waals surface area contributed by atoms with Crippen molar-refractivity contribution in [1.29, 1.82) is 0 Å². The van der Waals surface area contributed by atoms with E-state index < -0.39 is 11.2 Å². The van der Waals surface area contributed by atoms with Crippen LogP contribution in [0.5, 0.6) is 11.8 Å². The van der Waals surface area contributed by atoms with Gasteiger partial charge < -0.3 is 19.3 Å². The first-order chi connectivity index (χ1) is 19.4. The third kappa shape index (κ3) is 6.29. The maximum absolute atomic E-state index is 13.7. The van der Waals surface area contributed by atoms with Gasteiger partial charge in [0.25, 0.3) is 5.56 Å². The maximum atomic E-state index is 13.7.